The molecule has 0 atom stereocenters. The summed E-state index contributed by atoms with van der Waals surface area (Å²) in [6.07, 6.45) is 3.95. The van der Waals surface area contributed by atoms with Gasteiger partial charge in [0.15, 0.2) is 0 Å². The van der Waals surface area contributed by atoms with E-state index in [0.29, 0.717) is 27.8 Å². The maximum absolute atomic E-state index is 9.42. The van der Waals surface area contributed by atoms with Gasteiger partial charge in [0.25, 0.3) is 0 Å². The Morgan fingerprint density at radius 1 is 1.08 bits per heavy atom. The van der Waals surface area contributed by atoms with Gasteiger partial charge in [-0.15, -0.1) is 0 Å². The number of ether oxygens (including phenoxy) is 1. The molecule has 38 heavy (non-hydrogen) atoms. The minimum atomic E-state index is -0.145. The van der Waals surface area contributed by atoms with Gasteiger partial charge in [0.2, 0.25) is 0 Å². The number of benzene rings is 2. The van der Waals surface area contributed by atoms with E-state index in [2.05, 4.69) is 55.4 Å². The molecule has 8 heteroatoms. The first-order valence-electron chi connectivity index (χ1n) is 12.1. The highest BCUT2D eigenvalue weighted by Gasteiger charge is 2.33. The van der Waals surface area contributed by atoms with Crippen LogP contribution in [0.5, 0.6) is 5.75 Å². The predicted octanol–water partition coefficient (Wildman–Crippen LogP) is 7.39. The van der Waals surface area contributed by atoms with Crippen molar-refractivity contribution in [1.29, 1.82) is 5.26 Å². The van der Waals surface area contributed by atoms with Gasteiger partial charge in [0, 0.05) is 63.7 Å². The molecular weight excluding hydrogens is 517 g/mol. The number of rotatable bonds is 5. The number of aromatic nitrogens is 3. The van der Waals surface area contributed by atoms with Crippen molar-refractivity contribution in [2.75, 3.05) is 14.2 Å². The summed E-state index contributed by atoms with van der Waals surface area (Å²) < 4.78 is 7.69. The molecule has 0 unspecified atom stereocenters. The lowest BCUT2D eigenvalue weighted by atomic mass is 9.99. The number of methoxy groups -OCH3 is 1. The van der Waals surface area contributed by atoms with E-state index in [0.717, 1.165) is 50.6 Å². The maximum atomic E-state index is 9.42. The second-order valence-corrected chi connectivity index (χ2v) is 11.2. The smallest absolute Gasteiger partial charge is 0.127 e. The fourth-order valence-corrected chi connectivity index (χ4v) is 5.27. The van der Waals surface area contributed by atoms with E-state index in [1.54, 1.807) is 25.6 Å². The van der Waals surface area contributed by atoms with Crippen LogP contribution < -0.4 is 4.74 Å². The van der Waals surface area contributed by atoms with Crippen molar-refractivity contribution in [3.63, 3.8) is 0 Å². The zero-order chi connectivity index (χ0) is 27.4. The Morgan fingerprint density at radius 3 is 2.42 bits per heavy atom. The van der Waals surface area contributed by atoms with Crippen LogP contribution in [0.4, 0.5) is 0 Å². The number of hydrogen-bond donors (Lipinski definition) is 0. The highest BCUT2D eigenvalue weighted by Crippen LogP contribution is 2.46. The lowest BCUT2D eigenvalue weighted by Gasteiger charge is -2.35. The van der Waals surface area contributed by atoms with Gasteiger partial charge in [-0.3, -0.25) is 4.98 Å². The first-order valence-corrected chi connectivity index (χ1v) is 12.9. The lowest BCUT2D eigenvalue weighted by molar-refractivity contribution is 0.265. The number of halogens is 2. The zero-order valence-electron chi connectivity index (χ0n) is 21.9. The van der Waals surface area contributed by atoms with E-state index in [4.69, 9.17) is 33.0 Å². The molecule has 6 nitrogen and oxygen atoms in total. The standard InChI is InChI=1S/C30H27Cl2N5O/c1-17(36(5)30(2,3)4)28-26-8-19-9-27(38-6)24(20-7-18(14-33)15-34-16-20)13-25(19)29(26)37(35-28)23-11-21(31)10-22(32)12-23/h7,9-13,15-16H,1,8H2,2-6H3. The van der Waals surface area contributed by atoms with Crippen molar-refractivity contribution >= 4 is 28.9 Å². The molecule has 0 saturated heterocycles. The highest BCUT2D eigenvalue weighted by molar-refractivity contribution is 6.34. The average Bonchev–Trinajstić information content (AvgIpc) is 3.42. The minimum absolute atomic E-state index is 0.145. The summed E-state index contributed by atoms with van der Waals surface area (Å²) in [6, 6.07) is 13.5. The summed E-state index contributed by atoms with van der Waals surface area (Å²) in [5.41, 5.74) is 8.51. The van der Waals surface area contributed by atoms with Crippen LogP contribution in [0.3, 0.4) is 0 Å². The monoisotopic (exact) mass is 543 g/mol. The van der Waals surface area contributed by atoms with Gasteiger partial charge in [0.1, 0.15) is 17.5 Å². The maximum Gasteiger partial charge on any atom is 0.127 e. The number of fused-ring (bicyclic) bond motifs is 3. The minimum Gasteiger partial charge on any atom is -0.496 e. The number of pyridine rings is 1. The Hall–Kier alpha value is -3.79. The third-order valence-electron chi connectivity index (χ3n) is 6.99. The highest BCUT2D eigenvalue weighted by atomic mass is 35.5. The van der Waals surface area contributed by atoms with E-state index < -0.39 is 0 Å². The number of nitriles is 1. The molecule has 192 valence electrons. The van der Waals surface area contributed by atoms with E-state index >= 15 is 0 Å². The quantitative estimate of drug-likeness (QED) is 0.231. The Balaban J connectivity index is 1.77. The van der Waals surface area contributed by atoms with Gasteiger partial charge in [-0.05, 0) is 62.7 Å². The molecule has 0 N–H and O–H groups in total. The van der Waals surface area contributed by atoms with Crippen LogP contribution in [0.15, 0.2) is 55.4 Å². The molecule has 5 rings (SSSR count). The van der Waals surface area contributed by atoms with Gasteiger partial charge < -0.3 is 9.64 Å². The van der Waals surface area contributed by atoms with Crippen molar-refractivity contribution in [1.82, 2.24) is 19.7 Å². The van der Waals surface area contributed by atoms with Crippen LogP contribution in [0, 0.1) is 11.3 Å². The van der Waals surface area contributed by atoms with E-state index in [9.17, 15) is 5.26 Å². The Bertz CT molecular complexity index is 1620. The van der Waals surface area contributed by atoms with E-state index in [1.165, 1.54) is 0 Å². The molecule has 1 aliphatic carbocycles. The topological polar surface area (TPSA) is 67.0 Å². The molecule has 0 fully saturated rings. The van der Waals surface area contributed by atoms with Crippen LogP contribution >= 0.6 is 23.2 Å². The summed E-state index contributed by atoms with van der Waals surface area (Å²) in [5.74, 6) is 0.711. The third-order valence-corrected chi connectivity index (χ3v) is 7.42. The number of hydrogen-bond acceptors (Lipinski definition) is 5. The molecular formula is C30H27Cl2N5O. The summed E-state index contributed by atoms with van der Waals surface area (Å²) >= 11 is 12.8. The van der Waals surface area contributed by atoms with Crippen LogP contribution in [-0.2, 0) is 6.42 Å². The molecule has 0 radical (unpaired) electrons. The fraction of sp³-hybridized carbons (Fsp3) is 0.233. The van der Waals surface area contributed by atoms with Crippen LogP contribution in [0.2, 0.25) is 10.0 Å². The van der Waals surface area contributed by atoms with Gasteiger partial charge in [-0.2, -0.15) is 10.4 Å². The summed E-state index contributed by atoms with van der Waals surface area (Å²) in [4.78, 5) is 6.40. The van der Waals surface area contributed by atoms with Crippen LogP contribution in [-0.4, -0.2) is 39.4 Å². The van der Waals surface area contributed by atoms with Gasteiger partial charge in [0.05, 0.1) is 29.8 Å². The second kappa shape index (κ2) is 9.50. The molecule has 0 aliphatic heterocycles. The molecule has 0 bridgehead atoms. The second-order valence-electron chi connectivity index (χ2n) is 10.4. The normalized spacial score (nSPS) is 12.1. The predicted molar refractivity (Wildman–Crippen MR) is 153 cm³/mol. The third kappa shape index (κ3) is 4.42. The van der Waals surface area contributed by atoms with E-state index in [1.807, 2.05) is 29.9 Å². The Morgan fingerprint density at radius 2 is 1.79 bits per heavy atom. The Labute approximate surface area is 232 Å². The van der Waals surface area contributed by atoms with E-state index in [-0.39, 0.29) is 5.54 Å². The molecule has 2 aromatic carbocycles. The van der Waals surface area contributed by atoms with Crippen LogP contribution in [0.25, 0.3) is 33.8 Å². The molecule has 0 saturated carbocycles. The molecule has 1 aliphatic rings. The first-order chi connectivity index (χ1) is 18.0. The van der Waals surface area contributed by atoms with Gasteiger partial charge in [-0.25, -0.2) is 4.68 Å². The van der Waals surface area contributed by atoms with Crippen molar-refractivity contribution in [2.24, 2.45) is 0 Å². The van der Waals surface area contributed by atoms with Crippen molar-refractivity contribution < 1.29 is 4.74 Å². The summed E-state index contributed by atoms with van der Waals surface area (Å²) in [7, 11) is 3.68. The van der Waals surface area contributed by atoms with Crippen molar-refractivity contribution in [2.45, 2.75) is 32.7 Å². The Kier molecular flexibility index (Phi) is 6.46. The molecule has 4 aromatic rings. The van der Waals surface area contributed by atoms with Gasteiger partial charge >= 0.3 is 0 Å². The SMILES string of the molecule is C=C(c1nn(-c2cc(Cl)cc(Cl)c2)c2c1Cc1cc(OC)c(-c3cncc(C#N)c3)cc1-2)N(C)C(C)(C)C. The number of nitrogens with zero attached hydrogens (tertiary/aromatic N) is 5. The summed E-state index contributed by atoms with van der Waals surface area (Å²) in [6.45, 7) is 10.8. The lowest BCUT2D eigenvalue weighted by Crippen LogP contribution is -2.36. The van der Waals surface area contributed by atoms with Crippen molar-refractivity contribution in [3.05, 3.63) is 87.8 Å². The zero-order valence-corrected chi connectivity index (χ0v) is 23.4. The van der Waals surface area contributed by atoms with Crippen LogP contribution in [0.1, 0.15) is 43.2 Å². The molecule has 0 amide bonds. The fourth-order valence-electron chi connectivity index (χ4n) is 4.76. The molecule has 2 heterocycles. The van der Waals surface area contributed by atoms with Crippen molar-refractivity contribution in [3.8, 4) is 39.9 Å². The first kappa shape index (κ1) is 25.8. The molecule has 2 aromatic heterocycles. The average molecular weight is 544 g/mol. The summed E-state index contributed by atoms with van der Waals surface area (Å²) in [5, 5.41) is 15.5. The van der Waals surface area contributed by atoms with Gasteiger partial charge in [-0.1, -0.05) is 29.8 Å². The largest absolute Gasteiger partial charge is 0.496 e. The molecule has 0 spiro atoms.